The highest BCUT2D eigenvalue weighted by Gasteiger charge is 2.52. The van der Waals surface area contributed by atoms with Crippen LogP contribution < -0.4 is 10.6 Å². The maximum atomic E-state index is 12.9. The Kier molecular flexibility index (Phi) is 4.30. The van der Waals surface area contributed by atoms with Crippen LogP contribution in [0, 0.1) is 5.92 Å². The van der Waals surface area contributed by atoms with Crippen LogP contribution in [0.1, 0.15) is 17.3 Å². The first kappa shape index (κ1) is 18.4. The third-order valence-electron chi connectivity index (χ3n) is 4.95. The Balaban J connectivity index is 1.70. The Morgan fingerprint density at radius 2 is 1.96 bits per heavy atom. The Bertz CT molecular complexity index is 1050. The van der Waals surface area contributed by atoms with E-state index in [4.69, 9.17) is 11.6 Å². The third-order valence-corrected chi connectivity index (χ3v) is 8.46. The lowest BCUT2D eigenvalue weighted by Crippen LogP contribution is -2.56. The molecule has 10 heteroatoms. The van der Waals surface area contributed by atoms with Gasteiger partial charge < -0.3 is 10.6 Å². The molecule has 0 unspecified atom stereocenters. The van der Waals surface area contributed by atoms with E-state index >= 15 is 0 Å². The summed E-state index contributed by atoms with van der Waals surface area (Å²) >= 11 is 6.83. The van der Waals surface area contributed by atoms with Gasteiger partial charge >= 0.3 is 0 Å². The fraction of sp³-hybridized carbons (Fsp3) is 0.294. The summed E-state index contributed by atoms with van der Waals surface area (Å²) in [6.07, 6.45) is 0. The molecule has 4 rings (SSSR count). The van der Waals surface area contributed by atoms with Crippen molar-refractivity contribution >= 4 is 50.5 Å². The number of hydrogen-bond donors (Lipinski definition) is 2. The number of carbonyl (C=O) groups is 2. The summed E-state index contributed by atoms with van der Waals surface area (Å²) < 4.78 is 27.6. The Morgan fingerprint density at radius 3 is 2.67 bits per heavy atom. The second kappa shape index (κ2) is 6.30. The maximum absolute atomic E-state index is 12.9. The fourth-order valence-electron chi connectivity index (χ4n) is 3.53. The molecule has 27 heavy (non-hydrogen) atoms. The second-order valence-electron chi connectivity index (χ2n) is 6.82. The van der Waals surface area contributed by atoms with Gasteiger partial charge in [0.1, 0.15) is 4.21 Å². The number of nitrogens with one attached hydrogen (secondary N) is 2. The molecule has 0 radical (unpaired) electrons. The molecule has 0 saturated carbocycles. The van der Waals surface area contributed by atoms with Crippen molar-refractivity contribution in [2.45, 2.75) is 16.7 Å². The van der Waals surface area contributed by atoms with E-state index in [1.807, 2.05) is 0 Å². The summed E-state index contributed by atoms with van der Waals surface area (Å²) in [7, 11) is -3.81. The molecule has 2 aliphatic heterocycles. The smallest absolute Gasteiger partial charge is 0.253 e. The minimum atomic E-state index is -3.81. The van der Waals surface area contributed by atoms with Crippen molar-refractivity contribution in [2.24, 2.45) is 5.92 Å². The number of nitrogens with zero attached hydrogens (tertiary/aromatic N) is 1. The lowest BCUT2D eigenvalue weighted by Gasteiger charge is -2.33. The number of sulfonamides is 1. The van der Waals surface area contributed by atoms with Gasteiger partial charge in [-0.25, -0.2) is 8.42 Å². The molecule has 2 amide bonds. The summed E-state index contributed by atoms with van der Waals surface area (Å²) in [5.74, 6) is -1.40. The van der Waals surface area contributed by atoms with Crippen LogP contribution in [0.15, 0.2) is 40.6 Å². The third kappa shape index (κ3) is 3.04. The Morgan fingerprint density at radius 1 is 1.22 bits per heavy atom. The Labute approximate surface area is 165 Å². The standard InChI is InChI=1S/C17H16ClN3O4S2/c1-17-9-21(27(24,25)14-7-6-13(18)26-14)8-11(17)16(23)19-12-5-3-2-4-10(12)15(22)20-17/h2-7,11H,8-9H2,1H3,(H,19,23)(H,20,22)/t11-,17-/m0/s1. The van der Waals surface area contributed by atoms with Crippen LogP contribution in [0.25, 0.3) is 0 Å². The van der Waals surface area contributed by atoms with E-state index in [-0.39, 0.29) is 29.1 Å². The molecule has 2 N–H and O–H groups in total. The number of thiophene rings is 1. The predicted octanol–water partition coefficient (Wildman–Crippen LogP) is 2.16. The first-order valence-corrected chi connectivity index (χ1v) is 10.8. The van der Waals surface area contributed by atoms with Gasteiger partial charge in [0.15, 0.2) is 0 Å². The summed E-state index contributed by atoms with van der Waals surface area (Å²) in [6.45, 7) is 1.67. The van der Waals surface area contributed by atoms with Gasteiger partial charge in [-0.2, -0.15) is 4.31 Å². The molecular formula is C17H16ClN3O4S2. The molecule has 1 aromatic heterocycles. The summed E-state index contributed by atoms with van der Waals surface area (Å²) in [5.41, 5.74) is -0.270. The van der Waals surface area contributed by atoms with Gasteiger partial charge in [-0.05, 0) is 31.2 Å². The van der Waals surface area contributed by atoms with Gasteiger partial charge in [-0.1, -0.05) is 23.7 Å². The number of carbonyl (C=O) groups excluding carboxylic acids is 2. The number of fused-ring (bicyclic) bond motifs is 2. The van der Waals surface area contributed by atoms with Crippen LogP contribution in [-0.4, -0.2) is 43.2 Å². The molecule has 3 heterocycles. The van der Waals surface area contributed by atoms with Crippen LogP contribution >= 0.6 is 22.9 Å². The normalized spacial score (nSPS) is 25.8. The summed E-state index contributed by atoms with van der Waals surface area (Å²) in [5, 5.41) is 5.64. The molecule has 2 aliphatic rings. The monoisotopic (exact) mass is 425 g/mol. The molecule has 142 valence electrons. The average molecular weight is 426 g/mol. The van der Waals surface area contributed by atoms with Crippen molar-refractivity contribution in [3.63, 3.8) is 0 Å². The number of rotatable bonds is 2. The van der Waals surface area contributed by atoms with Crippen molar-refractivity contribution < 1.29 is 18.0 Å². The van der Waals surface area contributed by atoms with E-state index in [1.54, 1.807) is 31.2 Å². The lowest BCUT2D eigenvalue weighted by molar-refractivity contribution is -0.120. The highest BCUT2D eigenvalue weighted by Crippen LogP contribution is 2.37. The van der Waals surface area contributed by atoms with E-state index < -0.39 is 21.5 Å². The van der Waals surface area contributed by atoms with Crippen LogP contribution in [0.5, 0.6) is 0 Å². The minimum Gasteiger partial charge on any atom is -0.345 e. The van der Waals surface area contributed by atoms with E-state index in [9.17, 15) is 18.0 Å². The number of hydrogen-bond acceptors (Lipinski definition) is 5. The van der Waals surface area contributed by atoms with Crippen molar-refractivity contribution in [3.05, 3.63) is 46.3 Å². The van der Waals surface area contributed by atoms with Crippen LogP contribution in [-0.2, 0) is 14.8 Å². The van der Waals surface area contributed by atoms with E-state index in [1.165, 1.54) is 16.4 Å². The van der Waals surface area contributed by atoms with Gasteiger partial charge in [0.2, 0.25) is 5.91 Å². The van der Waals surface area contributed by atoms with E-state index in [2.05, 4.69) is 10.6 Å². The largest absolute Gasteiger partial charge is 0.345 e. The molecule has 0 spiro atoms. The number of amides is 2. The maximum Gasteiger partial charge on any atom is 0.253 e. The molecule has 1 aromatic carbocycles. The summed E-state index contributed by atoms with van der Waals surface area (Å²) in [4.78, 5) is 25.5. The highest BCUT2D eigenvalue weighted by atomic mass is 35.5. The lowest BCUT2D eigenvalue weighted by atomic mass is 9.86. The molecule has 0 aliphatic carbocycles. The predicted molar refractivity (Wildman–Crippen MR) is 103 cm³/mol. The quantitative estimate of drug-likeness (QED) is 0.770. The first-order chi connectivity index (χ1) is 12.7. The van der Waals surface area contributed by atoms with Gasteiger partial charge in [0.25, 0.3) is 15.9 Å². The molecule has 1 saturated heterocycles. The minimum absolute atomic E-state index is 0.00313. The number of benzene rings is 1. The van der Waals surface area contributed by atoms with Gasteiger partial charge in [-0.3, -0.25) is 9.59 Å². The van der Waals surface area contributed by atoms with Gasteiger partial charge in [0.05, 0.1) is 27.0 Å². The highest BCUT2D eigenvalue weighted by molar-refractivity contribution is 7.91. The number of halogens is 1. The molecule has 0 bridgehead atoms. The molecule has 1 fully saturated rings. The first-order valence-electron chi connectivity index (χ1n) is 8.19. The molecular weight excluding hydrogens is 410 g/mol. The molecule has 7 nitrogen and oxygen atoms in total. The van der Waals surface area contributed by atoms with Crippen molar-refractivity contribution in [1.29, 1.82) is 0 Å². The fourth-order valence-corrected chi connectivity index (χ4v) is 6.73. The van der Waals surface area contributed by atoms with E-state index in [0.717, 1.165) is 11.3 Å². The molecule has 2 atom stereocenters. The topological polar surface area (TPSA) is 95.6 Å². The van der Waals surface area contributed by atoms with Crippen molar-refractivity contribution in [3.8, 4) is 0 Å². The number of anilines is 1. The Hall–Kier alpha value is -1.94. The van der Waals surface area contributed by atoms with Gasteiger partial charge in [-0.15, -0.1) is 11.3 Å². The van der Waals surface area contributed by atoms with Crippen LogP contribution in [0.2, 0.25) is 4.34 Å². The van der Waals surface area contributed by atoms with Gasteiger partial charge in [0, 0.05) is 13.1 Å². The van der Waals surface area contributed by atoms with Crippen LogP contribution in [0.4, 0.5) is 5.69 Å². The van der Waals surface area contributed by atoms with E-state index in [0.29, 0.717) is 15.6 Å². The zero-order chi connectivity index (χ0) is 19.4. The van der Waals surface area contributed by atoms with Crippen molar-refractivity contribution in [2.75, 3.05) is 18.4 Å². The van der Waals surface area contributed by atoms with Crippen LogP contribution in [0.3, 0.4) is 0 Å². The SMILES string of the molecule is C[C@]12CN(S(=O)(=O)c3ccc(Cl)s3)C[C@H]1C(=O)Nc1ccccc1C(=O)N2. The molecule has 2 aromatic rings. The zero-order valence-corrected chi connectivity index (χ0v) is 16.6. The number of para-hydroxylation sites is 1. The van der Waals surface area contributed by atoms with Crippen molar-refractivity contribution in [1.82, 2.24) is 9.62 Å². The zero-order valence-electron chi connectivity index (χ0n) is 14.2. The average Bonchev–Trinajstić information content (AvgIpc) is 3.18. The summed E-state index contributed by atoms with van der Waals surface area (Å²) in [6, 6.07) is 9.65. The second-order valence-corrected chi connectivity index (χ2v) is 10.7.